The van der Waals surface area contributed by atoms with Gasteiger partial charge in [0.15, 0.2) is 0 Å². The van der Waals surface area contributed by atoms with Crippen LogP contribution in [0.2, 0.25) is 0 Å². The van der Waals surface area contributed by atoms with E-state index in [4.69, 9.17) is 8.83 Å². The number of benzene rings is 7. The first-order chi connectivity index (χ1) is 22.3. The van der Waals surface area contributed by atoms with Crippen molar-refractivity contribution < 1.29 is 8.83 Å². The van der Waals surface area contributed by atoms with Gasteiger partial charge in [0.05, 0.1) is 11.0 Å². The number of para-hydroxylation sites is 2. The Hall–Kier alpha value is -6.06. The van der Waals surface area contributed by atoms with Crippen LogP contribution in [0.25, 0.3) is 93.6 Å². The number of hydrogen-bond acceptors (Lipinski definition) is 2. The maximum Gasteiger partial charge on any atom is 0.136 e. The minimum Gasteiger partial charge on any atom is -0.456 e. The fourth-order valence-corrected chi connectivity index (χ4v) is 7.15. The average molecular weight is 576 g/mol. The van der Waals surface area contributed by atoms with E-state index in [0.717, 1.165) is 55.1 Å². The Morgan fingerprint density at radius 1 is 0.333 bits per heavy atom. The molecule has 0 atom stereocenters. The van der Waals surface area contributed by atoms with Crippen molar-refractivity contribution in [3.63, 3.8) is 0 Å². The Balaban J connectivity index is 1.22. The van der Waals surface area contributed by atoms with Crippen LogP contribution in [0, 0.1) is 0 Å². The Bertz CT molecular complexity index is 2710. The number of aromatic nitrogens is 1. The molecule has 210 valence electrons. The second-order valence-electron chi connectivity index (χ2n) is 11.7. The van der Waals surface area contributed by atoms with E-state index in [2.05, 4.69) is 144 Å². The molecule has 0 amide bonds. The molecular weight excluding hydrogens is 550 g/mol. The molecule has 0 bridgehead atoms. The molecule has 0 fully saturated rings. The predicted molar refractivity (Wildman–Crippen MR) is 186 cm³/mol. The Labute approximate surface area is 258 Å². The zero-order valence-electron chi connectivity index (χ0n) is 24.2. The Morgan fingerprint density at radius 2 is 0.844 bits per heavy atom. The molecule has 0 saturated heterocycles. The van der Waals surface area contributed by atoms with Gasteiger partial charge >= 0.3 is 0 Å². The molecule has 3 nitrogen and oxygen atoms in total. The van der Waals surface area contributed by atoms with Crippen molar-refractivity contribution in [2.24, 2.45) is 0 Å². The monoisotopic (exact) mass is 575 g/mol. The molecule has 3 aromatic heterocycles. The quantitative estimate of drug-likeness (QED) is 0.210. The topological polar surface area (TPSA) is 31.2 Å². The third-order valence-electron chi connectivity index (χ3n) is 9.19. The van der Waals surface area contributed by atoms with Gasteiger partial charge in [-0.2, -0.15) is 0 Å². The summed E-state index contributed by atoms with van der Waals surface area (Å²) in [5.41, 5.74) is 11.7. The van der Waals surface area contributed by atoms with Gasteiger partial charge < -0.3 is 13.4 Å². The fraction of sp³-hybridized carbons (Fsp3) is 0. The van der Waals surface area contributed by atoms with E-state index in [1.54, 1.807) is 0 Å². The van der Waals surface area contributed by atoms with E-state index in [1.165, 1.54) is 38.5 Å². The molecule has 10 rings (SSSR count). The molecule has 7 aromatic carbocycles. The van der Waals surface area contributed by atoms with Crippen molar-refractivity contribution in [3.05, 3.63) is 152 Å². The minimum atomic E-state index is 0.857. The molecule has 3 heteroatoms. The average Bonchev–Trinajstić information content (AvgIpc) is 3.77. The standard InChI is InChI=1S/C42H25NO2/c1-2-9-26(10-3-1)27-11-8-12-28(23-27)29-17-19-37-33(24-29)41-39(44-37)21-22-40-42(41)34-25-30(18-20-38(34)45-40)43-35-15-6-4-13-31(35)32-14-5-7-16-36(32)43/h1-25H. The zero-order chi connectivity index (χ0) is 29.5. The summed E-state index contributed by atoms with van der Waals surface area (Å²) in [7, 11) is 0. The van der Waals surface area contributed by atoms with Crippen LogP contribution in [0.1, 0.15) is 0 Å². The molecule has 3 heterocycles. The molecule has 10 aromatic rings. The Morgan fingerprint density at radius 3 is 1.53 bits per heavy atom. The molecule has 0 aliphatic carbocycles. The van der Waals surface area contributed by atoms with Gasteiger partial charge in [0.25, 0.3) is 0 Å². The van der Waals surface area contributed by atoms with E-state index in [-0.39, 0.29) is 0 Å². The van der Waals surface area contributed by atoms with Crippen LogP contribution in [-0.2, 0) is 0 Å². The first-order valence-corrected chi connectivity index (χ1v) is 15.3. The lowest BCUT2D eigenvalue weighted by Crippen LogP contribution is -1.93. The summed E-state index contributed by atoms with van der Waals surface area (Å²) in [4.78, 5) is 0. The number of nitrogens with zero attached hydrogens (tertiary/aromatic N) is 1. The molecule has 0 saturated carbocycles. The van der Waals surface area contributed by atoms with E-state index < -0.39 is 0 Å². The van der Waals surface area contributed by atoms with Gasteiger partial charge in [0.1, 0.15) is 22.3 Å². The molecule has 0 spiro atoms. The summed E-state index contributed by atoms with van der Waals surface area (Å²) in [6.07, 6.45) is 0. The molecule has 45 heavy (non-hydrogen) atoms. The summed E-state index contributed by atoms with van der Waals surface area (Å²) in [6, 6.07) is 53.6. The first kappa shape index (κ1) is 24.4. The highest BCUT2D eigenvalue weighted by molar-refractivity contribution is 6.26. The van der Waals surface area contributed by atoms with Gasteiger partial charge in [-0.05, 0) is 82.9 Å². The van der Waals surface area contributed by atoms with Crippen molar-refractivity contribution in [1.29, 1.82) is 0 Å². The van der Waals surface area contributed by atoms with Crippen molar-refractivity contribution >= 4 is 65.7 Å². The predicted octanol–water partition coefficient (Wildman–Crippen LogP) is 11.9. The normalized spacial score (nSPS) is 12.0. The van der Waals surface area contributed by atoms with Gasteiger partial charge in [-0.25, -0.2) is 0 Å². The minimum absolute atomic E-state index is 0.857. The van der Waals surface area contributed by atoms with Crippen LogP contribution in [0.4, 0.5) is 0 Å². The largest absolute Gasteiger partial charge is 0.456 e. The number of fused-ring (bicyclic) bond motifs is 10. The van der Waals surface area contributed by atoms with Gasteiger partial charge in [-0.1, -0.05) is 91.0 Å². The second kappa shape index (κ2) is 9.22. The van der Waals surface area contributed by atoms with E-state index in [1.807, 2.05) is 12.1 Å². The summed E-state index contributed by atoms with van der Waals surface area (Å²) >= 11 is 0. The van der Waals surface area contributed by atoms with Gasteiger partial charge in [-0.15, -0.1) is 0 Å². The molecule has 0 radical (unpaired) electrons. The van der Waals surface area contributed by atoms with Crippen LogP contribution in [-0.4, -0.2) is 4.57 Å². The molecule has 0 aliphatic heterocycles. The van der Waals surface area contributed by atoms with Crippen molar-refractivity contribution in [3.8, 4) is 27.9 Å². The zero-order valence-corrected chi connectivity index (χ0v) is 24.2. The third-order valence-corrected chi connectivity index (χ3v) is 9.19. The van der Waals surface area contributed by atoms with Crippen LogP contribution >= 0.6 is 0 Å². The van der Waals surface area contributed by atoms with E-state index in [9.17, 15) is 0 Å². The summed E-state index contributed by atoms with van der Waals surface area (Å²) in [6.45, 7) is 0. The number of furan rings is 2. The van der Waals surface area contributed by atoms with Crippen molar-refractivity contribution in [1.82, 2.24) is 4.57 Å². The number of rotatable bonds is 3. The smallest absolute Gasteiger partial charge is 0.136 e. The summed E-state index contributed by atoms with van der Waals surface area (Å²) < 4.78 is 15.2. The van der Waals surface area contributed by atoms with Gasteiger partial charge in [0, 0.05) is 38.0 Å². The lowest BCUT2D eigenvalue weighted by Gasteiger charge is -2.08. The van der Waals surface area contributed by atoms with Crippen LogP contribution < -0.4 is 0 Å². The SMILES string of the molecule is c1ccc(-c2cccc(-c3ccc4oc5ccc6oc7ccc(-n8c9ccccc9c9ccccc98)cc7c6c5c4c3)c2)cc1. The van der Waals surface area contributed by atoms with Gasteiger partial charge in [-0.3, -0.25) is 0 Å². The first-order valence-electron chi connectivity index (χ1n) is 15.3. The maximum atomic E-state index is 6.45. The van der Waals surface area contributed by atoms with Crippen LogP contribution in [0.5, 0.6) is 0 Å². The third kappa shape index (κ3) is 3.58. The van der Waals surface area contributed by atoms with E-state index >= 15 is 0 Å². The Kier molecular flexibility index (Phi) is 5.00. The van der Waals surface area contributed by atoms with Gasteiger partial charge in [0.2, 0.25) is 0 Å². The highest BCUT2D eigenvalue weighted by Crippen LogP contribution is 2.42. The molecule has 0 N–H and O–H groups in total. The highest BCUT2D eigenvalue weighted by atomic mass is 16.3. The summed E-state index contributed by atoms with van der Waals surface area (Å²) in [5, 5.41) is 6.83. The van der Waals surface area contributed by atoms with Crippen molar-refractivity contribution in [2.75, 3.05) is 0 Å². The second-order valence-corrected chi connectivity index (χ2v) is 11.7. The number of hydrogen-bond donors (Lipinski definition) is 0. The maximum absolute atomic E-state index is 6.45. The lowest BCUT2D eigenvalue weighted by molar-refractivity contribution is 0.663. The lowest BCUT2D eigenvalue weighted by atomic mass is 9.97. The highest BCUT2D eigenvalue weighted by Gasteiger charge is 2.19. The van der Waals surface area contributed by atoms with Crippen LogP contribution in [0.3, 0.4) is 0 Å². The summed E-state index contributed by atoms with van der Waals surface area (Å²) in [5.74, 6) is 0. The van der Waals surface area contributed by atoms with E-state index in [0.29, 0.717) is 0 Å². The molecule has 0 aliphatic rings. The van der Waals surface area contributed by atoms with Crippen molar-refractivity contribution in [2.45, 2.75) is 0 Å². The molecule has 0 unspecified atom stereocenters. The fourth-order valence-electron chi connectivity index (χ4n) is 7.15. The van der Waals surface area contributed by atoms with Crippen LogP contribution in [0.15, 0.2) is 160 Å². The molecular formula is C42H25NO2.